The van der Waals surface area contributed by atoms with Crippen LogP contribution in [0.5, 0.6) is 5.88 Å². The number of aryl methyl sites for hydroxylation is 1. The van der Waals surface area contributed by atoms with E-state index in [0.717, 1.165) is 42.1 Å². The fourth-order valence-electron chi connectivity index (χ4n) is 9.96. The van der Waals surface area contributed by atoms with Crippen LogP contribution < -0.4 is 4.74 Å². The number of cyclic esters (lactones) is 4. The molecule has 85 heavy (non-hydrogen) atoms. The molecule has 1 saturated heterocycles. The number of aromatic nitrogens is 4. The monoisotopic (exact) mass is 1180 g/mol. The van der Waals surface area contributed by atoms with Crippen LogP contribution in [0.15, 0.2) is 73.3 Å². The van der Waals surface area contributed by atoms with Crippen molar-refractivity contribution in [2.75, 3.05) is 35.3 Å². The lowest BCUT2D eigenvalue weighted by Crippen LogP contribution is -2.55. The number of likely N-dealkylation sites (N-methyl/N-ethyl adjacent to an activating group) is 4. The molecule has 2 aromatic heterocycles. The predicted octanol–water partition coefficient (Wildman–Crippen LogP) is 6.74. The Balaban J connectivity index is 1.58. The van der Waals surface area contributed by atoms with E-state index in [0.29, 0.717) is 35.5 Å². The Kier molecular flexibility index (Phi) is 25.1. The maximum absolute atomic E-state index is 15.1. The summed E-state index contributed by atoms with van der Waals surface area (Å²) >= 11 is 0. The van der Waals surface area contributed by atoms with Crippen molar-refractivity contribution in [3.63, 3.8) is 0 Å². The van der Waals surface area contributed by atoms with Crippen LogP contribution in [0, 0.1) is 30.6 Å². The van der Waals surface area contributed by atoms with E-state index in [2.05, 4.69) is 19.9 Å². The Hall–Kier alpha value is -7.84. The normalized spacial score (nSPS) is 22.4. The molecule has 2 aromatic carbocycles. The Morgan fingerprint density at radius 3 is 1.02 bits per heavy atom. The minimum absolute atomic E-state index is 0.0691. The van der Waals surface area contributed by atoms with Gasteiger partial charge in [-0.25, -0.2) is 24.2 Å². The predicted molar refractivity (Wildman–Crippen MR) is 316 cm³/mol. The lowest BCUT2D eigenvalue weighted by atomic mass is 9.99. The maximum atomic E-state index is 15.1. The number of ether oxygens (including phenoxy) is 5. The largest absolute Gasteiger partial charge is 0.480 e. The molecular formula is C64H88N8O13. The third-order valence-corrected chi connectivity index (χ3v) is 14.9. The van der Waals surface area contributed by atoms with Gasteiger partial charge in [-0.15, -0.1) is 0 Å². The van der Waals surface area contributed by atoms with Crippen LogP contribution >= 0.6 is 0 Å². The van der Waals surface area contributed by atoms with E-state index in [1.54, 1.807) is 42.9 Å². The first-order valence-corrected chi connectivity index (χ1v) is 29.2. The van der Waals surface area contributed by atoms with Crippen molar-refractivity contribution in [2.24, 2.45) is 23.7 Å². The van der Waals surface area contributed by atoms with Gasteiger partial charge in [0.2, 0.25) is 5.88 Å². The molecule has 0 N–H and O–H groups in total. The number of methoxy groups -OCH3 is 1. The van der Waals surface area contributed by atoms with Gasteiger partial charge < -0.3 is 43.3 Å². The number of carbonyl (C=O) groups is 8. The highest BCUT2D eigenvalue weighted by Gasteiger charge is 2.43. The number of rotatable bonds is 17. The molecule has 0 radical (unpaired) electrons. The molecule has 0 aliphatic carbocycles. The minimum atomic E-state index is -1.56. The van der Waals surface area contributed by atoms with Gasteiger partial charge in [-0.05, 0) is 92.4 Å². The summed E-state index contributed by atoms with van der Waals surface area (Å²) in [6.45, 7) is 19.3. The van der Waals surface area contributed by atoms with Crippen LogP contribution in [0.1, 0.15) is 134 Å². The SMILES string of the molecule is COc1cnc(Cc2ccc(C[C@H]3OC(=O)[C@H](CC(C)C)N(C)C(=O)[C@@H](C)OC(=O)[C@H](CC(C)C)N(C)C(=O)[C@@H](Cc4ccc(Cc5cnc(C)cn5)cc4)OC(=O)[C@H](CC(C)C)N(C)C(=O)[C@@H](C)OC(=O)[C@H](CC(C)C)N(C)C3=O)cc2)cn1. The van der Waals surface area contributed by atoms with Gasteiger partial charge in [0.25, 0.3) is 23.6 Å². The van der Waals surface area contributed by atoms with E-state index in [1.165, 1.54) is 55.3 Å². The molecule has 0 unspecified atom stereocenters. The van der Waals surface area contributed by atoms with Gasteiger partial charge in [-0.1, -0.05) is 104 Å². The third-order valence-electron chi connectivity index (χ3n) is 14.9. The highest BCUT2D eigenvalue weighted by Crippen LogP contribution is 2.25. The average Bonchev–Trinajstić information content (AvgIpc) is 3.51. The molecule has 4 aromatic rings. The average molecular weight is 1180 g/mol. The van der Waals surface area contributed by atoms with Gasteiger partial charge in [0.1, 0.15) is 24.2 Å². The molecule has 462 valence electrons. The van der Waals surface area contributed by atoms with Crippen molar-refractivity contribution in [3.8, 4) is 5.88 Å². The van der Waals surface area contributed by atoms with Crippen LogP contribution in [0.3, 0.4) is 0 Å². The zero-order valence-corrected chi connectivity index (χ0v) is 52.4. The van der Waals surface area contributed by atoms with Crippen LogP contribution in [0.2, 0.25) is 0 Å². The number of carbonyl (C=O) groups excluding carboxylic acids is 8. The third kappa shape index (κ3) is 19.6. The second-order valence-corrected chi connectivity index (χ2v) is 24.0. The number of benzene rings is 2. The van der Waals surface area contributed by atoms with Crippen molar-refractivity contribution in [1.29, 1.82) is 0 Å². The van der Waals surface area contributed by atoms with Crippen LogP contribution in [0.4, 0.5) is 0 Å². The molecule has 1 aliphatic heterocycles. The van der Waals surface area contributed by atoms with Gasteiger partial charge in [0, 0.05) is 66.3 Å². The van der Waals surface area contributed by atoms with Crippen molar-refractivity contribution in [3.05, 3.63) is 113 Å². The van der Waals surface area contributed by atoms with Gasteiger partial charge >= 0.3 is 23.9 Å². The molecule has 1 fully saturated rings. The van der Waals surface area contributed by atoms with E-state index in [4.69, 9.17) is 23.7 Å². The number of esters is 4. The summed E-state index contributed by atoms with van der Waals surface area (Å²) in [6, 6.07) is 9.37. The highest BCUT2D eigenvalue weighted by atomic mass is 16.6. The quantitative estimate of drug-likeness (QED) is 0.0784. The number of hydrogen-bond donors (Lipinski definition) is 0. The second-order valence-electron chi connectivity index (χ2n) is 24.0. The van der Waals surface area contributed by atoms with Crippen LogP contribution in [-0.2, 0) is 83.0 Å². The Morgan fingerprint density at radius 2 is 0.729 bits per heavy atom. The Bertz CT molecular complexity index is 2880. The molecule has 3 heterocycles. The lowest BCUT2D eigenvalue weighted by molar-refractivity contribution is -0.176. The molecule has 0 saturated carbocycles. The highest BCUT2D eigenvalue weighted by molar-refractivity contribution is 5.94. The van der Waals surface area contributed by atoms with Gasteiger partial charge in [-0.3, -0.25) is 34.1 Å². The molecular weight excluding hydrogens is 1090 g/mol. The van der Waals surface area contributed by atoms with Gasteiger partial charge in [0.15, 0.2) is 24.4 Å². The maximum Gasteiger partial charge on any atom is 0.329 e. The summed E-state index contributed by atoms with van der Waals surface area (Å²) in [7, 11) is 7.05. The van der Waals surface area contributed by atoms with E-state index in [9.17, 15) is 28.8 Å². The molecule has 0 bridgehead atoms. The van der Waals surface area contributed by atoms with E-state index < -0.39 is 96.1 Å². The van der Waals surface area contributed by atoms with Crippen molar-refractivity contribution in [2.45, 2.75) is 176 Å². The van der Waals surface area contributed by atoms with Crippen LogP contribution in [0.25, 0.3) is 0 Å². The first-order chi connectivity index (χ1) is 40.1. The topological polar surface area (TPSA) is 247 Å². The van der Waals surface area contributed by atoms with Crippen molar-refractivity contribution < 1.29 is 62.0 Å². The molecule has 8 atom stereocenters. The summed E-state index contributed by atoms with van der Waals surface area (Å²) in [6.07, 6.45) is 1.30. The fourth-order valence-corrected chi connectivity index (χ4v) is 9.96. The molecule has 4 amide bonds. The summed E-state index contributed by atoms with van der Waals surface area (Å²) in [4.78, 5) is 140. The molecule has 21 nitrogen and oxygen atoms in total. The fraction of sp³-hybridized carbons (Fsp3) is 0.562. The molecule has 5 rings (SSSR count). The summed E-state index contributed by atoms with van der Waals surface area (Å²) in [5.41, 5.74) is 5.17. The van der Waals surface area contributed by atoms with Crippen molar-refractivity contribution >= 4 is 47.5 Å². The van der Waals surface area contributed by atoms with Crippen molar-refractivity contribution in [1.82, 2.24) is 39.5 Å². The zero-order valence-electron chi connectivity index (χ0n) is 52.4. The summed E-state index contributed by atoms with van der Waals surface area (Å²) in [5, 5.41) is 0. The number of nitrogens with zero attached hydrogens (tertiary/aromatic N) is 8. The summed E-state index contributed by atoms with van der Waals surface area (Å²) < 4.78 is 29.4. The zero-order chi connectivity index (χ0) is 63.0. The standard InChI is InChI=1S/C64H88N8O13/c1-37(2)25-50-61(77)82-43(11)58(74)70(13)53(28-40(7)8)64(80)85-55(32-47-23-19-45(20-24-47)30-49-35-68-56(81-16)36-67-49)60(76)72(15)51(26-38(3)4)62(78)83-42(10)57(73)69(12)52(27-39(5)6)63(79)84-54(59(75)71(50)14)31-46-21-17-44(18-22-46)29-48-34-65-41(9)33-66-48/h17-24,33-40,42-43,50-55H,25-32H2,1-16H3/t42-,43-,50+,51+,52+,53+,54-,55-/m1/s1. The molecule has 0 spiro atoms. The molecule has 1 aliphatic rings. The second kappa shape index (κ2) is 31.3. The first kappa shape index (κ1) is 67.9. The van der Waals surface area contributed by atoms with E-state index in [1.807, 2.05) is 86.6 Å². The number of hydrogen-bond acceptors (Lipinski definition) is 17. The van der Waals surface area contributed by atoms with E-state index >= 15 is 9.59 Å². The van der Waals surface area contributed by atoms with E-state index in [-0.39, 0.29) is 62.2 Å². The summed E-state index contributed by atoms with van der Waals surface area (Å²) in [5.74, 6) is -7.20. The molecule has 21 heteroatoms. The minimum Gasteiger partial charge on any atom is -0.480 e. The van der Waals surface area contributed by atoms with Crippen LogP contribution in [-0.4, -0.2) is 171 Å². The Morgan fingerprint density at radius 1 is 0.424 bits per heavy atom. The smallest absolute Gasteiger partial charge is 0.329 e. The van der Waals surface area contributed by atoms with Gasteiger partial charge in [0.05, 0.1) is 36.6 Å². The Labute approximate surface area is 500 Å². The lowest BCUT2D eigenvalue weighted by Gasteiger charge is -2.35. The first-order valence-electron chi connectivity index (χ1n) is 29.2. The van der Waals surface area contributed by atoms with Gasteiger partial charge in [-0.2, -0.15) is 0 Å². The number of amides is 4.